The first-order chi connectivity index (χ1) is 12.7. The van der Waals surface area contributed by atoms with Gasteiger partial charge in [-0.3, -0.25) is 14.2 Å². The Hall–Kier alpha value is -2.77. The average molecular weight is 355 g/mol. The van der Waals surface area contributed by atoms with Crippen molar-refractivity contribution in [2.24, 2.45) is 0 Å². The standard InChI is InChI=1S/C18H21N5O3/c24-16-9-15(13-4-5-13)21-12-23(16)11-17(25)22-8-1-3-14(10-22)26-18-19-6-2-7-20-18/h2,6-7,9,12-14H,1,3-5,8,10-11H2. The number of likely N-dealkylation sites (tertiary alicyclic amines) is 1. The van der Waals surface area contributed by atoms with Gasteiger partial charge < -0.3 is 9.64 Å². The molecule has 0 radical (unpaired) electrons. The summed E-state index contributed by atoms with van der Waals surface area (Å²) in [5, 5.41) is 0. The highest BCUT2D eigenvalue weighted by atomic mass is 16.5. The maximum atomic E-state index is 12.6. The molecule has 2 aromatic rings. The fourth-order valence-corrected chi connectivity index (χ4v) is 3.16. The molecule has 1 saturated carbocycles. The minimum absolute atomic E-state index is 0.00529. The molecule has 1 saturated heterocycles. The van der Waals surface area contributed by atoms with Crippen molar-refractivity contribution in [1.82, 2.24) is 24.4 Å². The molecule has 3 heterocycles. The zero-order chi connectivity index (χ0) is 17.9. The molecule has 2 fully saturated rings. The van der Waals surface area contributed by atoms with Crippen molar-refractivity contribution in [3.63, 3.8) is 0 Å². The molecule has 2 aromatic heterocycles. The Morgan fingerprint density at radius 3 is 2.73 bits per heavy atom. The summed E-state index contributed by atoms with van der Waals surface area (Å²) in [7, 11) is 0. The number of nitrogens with zero attached hydrogens (tertiary/aromatic N) is 5. The first kappa shape index (κ1) is 16.7. The van der Waals surface area contributed by atoms with E-state index in [2.05, 4.69) is 15.0 Å². The molecule has 26 heavy (non-hydrogen) atoms. The van der Waals surface area contributed by atoms with E-state index in [4.69, 9.17) is 4.74 Å². The molecule has 1 aliphatic heterocycles. The quantitative estimate of drug-likeness (QED) is 0.794. The molecular formula is C18H21N5O3. The highest BCUT2D eigenvalue weighted by Crippen LogP contribution is 2.38. The smallest absolute Gasteiger partial charge is 0.316 e. The third-order valence-corrected chi connectivity index (χ3v) is 4.75. The number of carbonyl (C=O) groups excluding carboxylic acids is 1. The van der Waals surface area contributed by atoms with Crippen LogP contribution in [0.15, 0.2) is 35.6 Å². The molecule has 8 nitrogen and oxygen atoms in total. The van der Waals surface area contributed by atoms with Gasteiger partial charge in [0.05, 0.1) is 18.6 Å². The van der Waals surface area contributed by atoms with E-state index in [0.29, 0.717) is 25.0 Å². The van der Waals surface area contributed by atoms with Crippen LogP contribution in [-0.4, -0.2) is 49.5 Å². The third-order valence-electron chi connectivity index (χ3n) is 4.75. The van der Waals surface area contributed by atoms with Gasteiger partial charge in [-0.1, -0.05) is 0 Å². The molecule has 136 valence electrons. The maximum Gasteiger partial charge on any atom is 0.316 e. The lowest BCUT2D eigenvalue weighted by atomic mass is 10.1. The van der Waals surface area contributed by atoms with Crippen LogP contribution in [0.5, 0.6) is 6.01 Å². The van der Waals surface area contributed by atoms with Gasteiger partial charge in [-0.25, -0.2) is 15.0 Å². The fourth-order valence-electron chi connectivity index (χ4n) is 3.16. The molecule has 8 heteroatoms. The molecule has 1 atom stereocenters. The number of hydrogen-bond donors (Lipinski definition) is 0. The first-order valence-electron chi connectivity index (χ1n) is 8.97. The van der Waals surface area contributed by atoms with Crippen LogP contribution < -0.4 is 10.3 Å². The molecule has 0 spiro atoms. The summed E-state index contributed by atoms with van der Waals surface area (Å²) >= 11 is 0. The Kier molecular flexibility index (Phi) is 4.64. The van der Waals surface area contributed by atoms with E-state index < -0.39 is 0 Å². The molecule has 1 amide bonds. The summed E-state index contributed by atoms with van der Waals surface area (Å²) in [5.41, 5.74) is 0.672. The van der Waals surface area contributed by atoms with E-state index in [0.717, 1.165) is 31.4 Å². The van der Waals surface area contributed by atoms with Crippen LogP contribution in [0.4, 0.5) is 0 Å². The van der Waals surface area contributed by atoms with Crippen molar-refractivity contribution in [1.29, 1.82) is 0 Å². The van der Waals surface area contributed by atoms with Crippen LogP contribution in [0.3, 0.4) is 0 Å². The van der Waals surface area contributed by atoms with E-state index in [9.17, 15) is 9.59 Å². The third kappa shape index (κ3) is 3.89. The number of aromatic nitrogens is 4. The highest BCUT2D eigenvalue weighted by molar-refractivity contribution is 5.76. The van der Waals surface area contributed by atoms with Gasteiger partial charge in [0, 0.05) is 30.9 Å². The first-order valence-corrected chi connectivity index (χ1v) is 8.97. The lowest BCUT2D eigenvalue weighted by molar-refractivity contribution is -0.134. The molecule has 0 bridgehead atoms. The number of ether oxygens (including phenoxy) is 1. The number of carbonyl (C=O) groups is 1. The summed E-state index contributed by atoms with van der Waals surface area (Å²) in [4.78, 5) is 39.0. The van der Waals surface area contributed by atoms with Gasteiger partial charge in [-0.15, -0.1) is 0 Å². The normalized spacial score (nSPS) is 20.0. The maximum absolute atomic E-state index is 12.6. The van der Waals surface area contributed by atoms with Crippen molar-refractivity contribution >= 4 is 5.91 Å². The van der Waals surface area contributed by atoms with Crippen LogP contribution in [0, 0.1) is 0 Å². The van der Waals surface area contributed by atoms with E-state index >= 15 is 0 Å². The van der Waals surface area contributed by atoms with Crippen molar-refractivity contribution < 1.29 is 9.53 Å². The van der Waals surface area contributed by atoms with Crippen LogP contribution >= 0.6 is 0 Å². The molecule has 4 rings (SSSR count). The Morgan fingerprint density at radius 1 is 1.19 bits per heavy atom. The second-order valence-electron chi connectivity index (χ2n) is 6.81. The van der Waals surface area contributed by atoms with Gasteiger partial charge in [0.25, 0.3) is 5.56 Å². The van der Waals surface area contributed by atoms with E-state index in [1.807, 2.05) is 0 Å². The number of rotatable bonds is 5. The van der Waals surface area contributed by atoms with Crippen molar-refractivity contribution in [2.75, 3.05) is 13.1 Å². The Morgan fingerprint density at radius 2 is 2.00 bits per heavy atom. The van der Waals surface area contributed by atoms with Gasteiger partial charge >= 0.3 is 6.01 Å². The van der Waals surface area contributed by atoms with Gasteiger partial charge in [-0.05, 0) is 31.7 Å². The van der Waals surface area contributed by atoms with Crippen LogP contribution in [0.1, 0.15) is 37.3 Å². The lowest BCUT2D eigenvalue weighted by Gasteiger charge is -2.32. The minimum atomic E-state index is -0.169. The van der Waals surface area contributed by atoms with Crippen LogP contribution in [0.2, 0.25) is 0 Å². The predicted molar refractivity (Wildman–Crippen MR) is 92.7 cm³/mol. The summed E-state index contributed by atoms with van der Waals surface area (Å²) < 4.78 is 7.14. The second kappa shape index (κ2) is 7.23. The van der Waals surface area contributed by atoms with Crippen LogP contribution in [-0.2, 0) is 11.3 Å². The minimum Gasteiger partial charge on any atom is -0.458 e. The zero-order valence-electron chi connectivity index (χ0n) is 14.5. The van der Waals surface area contributed by atoms with Crippen molar-refractivity contribution in [3.8, 4) is 6.01 Å². The van der Waals surface area contributed by atoms with Gasteiger partial charge in [0.2, 0.25) is 5.91 Å². The number of hydrogen-bond acceptors (Lipinski definition) is 6. The molecule has 2 aliphatic rings. The fraction of sp³-hybridized carbons (Fsp3) is 0.500. The topological polar surface area (TPSA) is 90.2 Å². The van der Waals surface area contributed by atoms with Gasteiger partial charge in [0.15, 0.2) is 0 Å². The zero-order valence-corrected chi connectivity index (χ0v) is 14.5. The number of piperidine rings is 1. The van der Waals surface area contributed by atoms with Gasteiger partial charge in [0.1, 0.15) is 12.6 Å². The Bertz CT molecular complexity index is 834. The monoisotopic (exact) mass is 355 g/mol. The van der Waals surface area contributed by atoms with Crippen LogP contribution in [0.25, 0.3) is 0 Å². The van der Waals surface area contributed by atoms with Crippen molar-refractivity contribution in [2.45, 2.75) is 44.2 Å². The highest BCUT2D eigenvalue weighted by Gasteiger charge is 2.27. The summed E-state index contributed by atoms with van der Waals surface area (Å²) in [6.45, 7) is 1.14. The molecule has 1 unspecified atom stereocenters. The van der Waals surface area contributed by atoms with E-state index in [1.165, 1.54) is 10.9 Å². The number of amides is 1. The van der Waals surface area contributed by atoms with E-state index in [1.54, 1.807) is 29.4 Å². The SMILES string of the molecule is O=C(Cn1cnc(C2CC2)cc1=O)N1CCCC(Oc2ncccn2)C1. The Balaban J connectivity index is 1.37. The Labute approximate surface area is 150 Å². The lowest BCUT2D eigenvalue weighted by Crippen LogP contribution is -2.46. The summed E-state index contributed by atoms with van der Waals surface area (Å²) in [5.74, 6) is 0.323. The van der Waals surface area contributed by atoms with Gasteiger partial charge in [-0.2, -0.15) is 0 Å². The summed E-state index contributed by atoms with van der Waals surface area (Å²) in [6, 6.07) is 3.60. The summed E-state index contributed by atoms with van der Waals surface area (Å²) in [6.07, 6.45) is 8.48. The molecule has 1 aliphatic carbocycles. The van der Waals surface area contributed by atoms with E-state index in [-0.39, 0.29) is 24.1 Å². The second-order valence-corrected chi connectivity index (χ2v) is 6.81. The average Bonchev–Trinajstić information content (AvgIpc) is 3.50. The largest absolute Gasteiger partial charge is 0.458 e. The predicted octanol–water partition coefficient (Wildman–Crippen LogP) is 0.981. The molecule has 0 aromatic carbocycles. The molecule has 0 N–H and O–H groups in total. The van der Waals surface area contributed by atoms with Crippen molar-refractivity contribution in [3.05, 3.63) is 46.9 Å². The molecular weight excluding hydrogens is 334 g/mol.